The van der Waals surface area contributed by atoms with Gasteiger partial charge in [-0.25, -0.2) is 8.42 Å². The van der Waals surface area contributed by atoms with Crippen molar-refractivity contribution in [2.24, 2.45) is 0 Å². The SMILES string of the molecule is CCCCCNCC(C)Oc1cccc(S(C)(=O)=O)c1. The van der Waals surface area contributed by atoms with E-state index < -0.39 is 9.84 Å². The van der Waals surface area contributed by atoms with E-state index in [2.05, 4.69) is 12.2 Å². The van der Waals surface area contributed by atoms with Crippen LogP contribution in [0.3, 0.4) is 0 Å². The van der Waals surface area contributed by atoms with Gasteiger partial charge < -0.3 is 10.1 Å². The normalized spacial score (nSPS) is 13.2. The molecule has 1 aromatic rings. The number of nitrogens with one attached hydrogen (secondary N) is 1. The number of rotatable bonds is 9. The van der Waals surface area contributed by atoms with Crippen LogP contribution in [-0.4, -0.2) is 33.9 Å². The van der Waals surface area contributed by atoms with Gasteiger partial charge in [0.25, 0.3) is 0 Å². The Balaban J connectivity index is 2.44. The van der Waals surface area contributed by atoms with Gasteiger partial charge in [0.05, 0.1) is 4.90 Å². The van der Waals surface area contributed by atoms with Crippen molar-refractivity contribution in [3.05, 3.63) is 24.3 Å². The average Bonchev–Trinajstić information content (AvgIpc) is 2.38. The molecule has 0 spiro atoms. The van der Waals surface area contributed by atoms with Crippen LogP contribution in [-0.2, 0) is 9.84 Å². The Bertz CT molecular complexity index is 500. The third-order valence-corrected chi connectivity index (χ3v) is 4.07. The predicted molar refractivity (Wildman–Crippen MR) is 82.0 cm³/mol. The Morgan fingerprint density at radius 3 is 2.70 bits per heavy atom. The van der Waals surface area contributed by atoms with E-state index in [0.717, 1.165) is 13.1 Å². The van der Waals surface area contributed by atoms with E-state index in [-0.39, 0.29) is 11.0 Å². The van der Waals surface area contributed by atoms with E-state index in [1.54, 1.807) is 24.3 Å². The number of ether oxygens (including phenoxy) is 1. The lowest BCUT2D eigenvalue weighted by Crippen LogP contribution is -2.29. The van der Waals surface area contributed by atoms with Crippen LogP contribution >= 0.6 is 0 Å². The van der Waals surface area contributed by atoms with Crippen LogP contribution in [0.15, 0.2) is 29.2 Å². The van der Waals surface area contributed by atoms with Crippen molar-refractivity contribution in [2.45, 2.75) is 44.1 Å². The molecule has 0 fully saturated rings. The predicted octanol–water partition coefficient (Wildman–Crippen LogP) is 2.64. The topological polar surface area (TPSA) is 55.4 Å². The largest absolute Gasteiger partial charge is 0.489 e. The van der Waals surface area contributed by atoms with Gasteiger partial charge in [0.15, 0.2) is 9.84 Å². The van der Waals surface area contributed by atoms with Gasteiger partial charge in [0.1, 0.15) is 11.9 Å². The van der Waals surface area contributed by atoms with Crippen molar-refractivity contribution in [1.82, 2.24) is 5.32 Å². The summed E-state index contributed by atoms with van der Waals surface area (Å²) >= 11 is 0. The minimum absolute atomic E-state index is 0.00596. The summed E-state index contributed by atoms with van der Waals surface area (Å²) in [5.74, 6) is 0.593. The highest BCUT2D eigenvalue weighted by molar-refractivity contribution is 7.90. The van der Waals surface area contributed by atoms with Crippen LogP contribution in [0.25, 0.3) is 0 Å². The molecule has 1 unspecified atom stereocenters. The van der Waals surface area contributed by atoms with Crippen LogP contribution in [0.4, 0.5) is 0 Å². The van der Waals surface area contributed by atoms with Crippen molar-refractivity contribution < 1.29 is 13.2 Å². The van der Waals surface area contributed by atoms with E-state index >= 15 is 0 Å². The molecule has 4 nitrogen and oxygen atoms in total. The van der Waals surface area contributed by atoms with Gasteiger partial charge in [0.2, 0.25) is 0 Å². The van der Waals surface area contributed by atoms with Crippen molar-refractivity contribution >= 4 is 9.84 Å². The number of benzene rings is 1. The second-order valence-corrected chi connectivity index (χ2v) is 7.10. The van der Waals surface area contributed by atoms with Crippen LogP contribution in [0.1, 0.15) is 33.1 Å². The fourth-order valence-corrected chi connectivity index (χ4v) is 2.51. The van der Waals surface area contributed by atoms with Crippen LogP contribution in [0.2, 0.25) is 0 Å². The van der Waals surface area contributed by atoms with Crippen molar-refractivity contribution in [2.75, 3.05) is 19.3 Å². The smallest absolute Gasteiger partial charge is 0.175 e. The Hall–Kier alpha value is -1.07. The Labute approximate surface area is 122 Å². The maximum atomic E-state index is 11.5. The lowest BCUT2D eigenvalue weighted by Gasteiger charge is -2.16. The van der Waals surface area contributed by atoms with E-state index in [0.29, 0.717) is 5.75 Å². The van der Waals surface area contributed by atoms with E-state index in [4.69, 9.17) is 4.74 Å². The van der Waals surface area contributed by atoms with Crippen molar-refractivity contribution in [3.63, 3.8) is 0 Å². The molecule has 0 radical (unpaired) electrons. The summed E-state index contributed by atoms with van der Waals surface area (Å²) in [5.41, 5.74) is 0. The standard InChI is InChI=1S/C15H25NO3S/c1-4-5-6-10-16-12-13(2)19-14-8-7-9-15(11-14)20(3,17)18/h7-9,11,13,16H,4-6,10,12H2,1-3H3. The fourth-order valence-electron chi connectivity index (χ4n) is 1.86. The zero-order valence-corrected chi connectivity index (χ0v) is 13.4. The van der Waals surface area contributed by atoms with E-state index in [1.165, 1.54) is 25.5 Å². The molecule has 0 aliphatic carbocycles. The summed E-state index contributed by atoms with van der Waals surface area (Å²) in [5, 5.41) is 3.34. The summed E-state index contributed by atoms with van der Waals surface area (Å²) < 4.78 is 28.7. The molecule has 0 heterocycles. The third kappa shape index (κ3) is 6.39. The highest BCUT2D eigenvalue weighted by Crippen LogP contribution is 2.18. The highest BCUT2D eigenvalue weighted by Gasteiger charge is 2.09. The molecule has 0 aliphatic rings. The maximum absolute atomic E-state index is 11.5. The molecule has 5 heteroatoms. The first kappa shape index (κ1) is 17.0. The summed E-state index contributed by atoms with van der Waals surface area (Å²) in [6.45, 7) is 5.90. The van der Waals surface area contributed by atoms with Gasteiger partial charge in [-0.05, 0) is 38.1 Å². The number of sulfone groups is 1. The molecule has 114 valence electrons. The monoisotopic (exact) mass is 299 g/mol. The molecule has 0 bridgehead atoms. The minimum Gasteiger partial charge on any atom is -0.489 e. The molecule has 0 aromatic heterocycles. The van der Waals surface area contributed by atoms with Gasteiger partial charge >= 0.3 is 0 Å². The fraction of sp³-hybridized carbons (Fsp3) is 0.600. The molecule has 1 N–H and O–H groups in total. The molecule has 0 saturated heterocycles. The van der Waals surface area contributed by atoms with Crippen molar-refractivity contribution in [1.29, 1.82) is 0 Å². The highest BCUT2D eigenvalue weighted by atomic mass is 32.2. The summed E-state index contributed by atoms with van der Waals surface area (Å²) in [7, 11) is -3.18. The van der Waals surface area contributed by atoms with Crippen molar-refractivity contribution in [3.8, 4) is 5.75 Å². The van der Waals surface area contributed by atoms with Gasteiger partial charge in [-0.2, -0.15) is 0 Å². The lowest BCUT2D eigenvalue weighted by atomic mass is 10.2. The van der Waals surface area contributed by atoms with Gasteiger partial charge in [-0.3, -0.25) is 0 Å². The minimum atomic E-state index is -3.18. The molecule has 1 aromatic carbocycles. The number of hydrogen-bond acceptors (Lipinski definition) is 4. The summed E-state index contributed by atoms with van der Waals surface area (Å²) in [4.78, 5) is 0.290. The maximum Gasteiger partial charge on any atom is 0.175 e. The number of unbranched alkanes of at least 4 members (excludes halogenated alkanes) is 2. The second kappa shape index (κ2) is 8.27. The zero-order valence-electron chi connectivity index (χ0n) is 12.6. The molecular formula is C15H25NO3S. The Morgan fingerprint density at radius 1 is 1.30 bits per heavy atom. The van der Waals surface area contributed by atoms with Gasteiger partial charge in [-0.1, -0.05) is 25.8 Å². The van der Waals surface area contributed by atoms with E-state index in [9.17, 15) is 8.42 Å². The first-order valence-electron chi connectivity index (χ1n) is 7.11. The first-order chi connectivity index (χ1) is 9.43. The summed E-state index contributed by atoms with van der Waals surface area (Å²) in [6.07, 6.45) is 4.83. The zero-order chi connectivity index (χ0) is 15.0. The van der Waals surface area contributed by atoms with Crippen LogP contribution < -0.4 is 10.1 Å². The summed E-state index contributed by atoms with van der Waals surface area (Å²) in [6, 6.07) is 6.63. The molecule has 20 heavy (non-hydrogen) atoms. The van der Waals surface area contributed by atoms with Crippen LogP contribution in [0.5, 0.6) is 5.75 Å². The van der Waals surface area contributed by atoms with Gasteiger partial charge in [0, 0.05) is 12.8 Å². The molecule has 0 aliphatic heterocycles. The first-order valence-corrected chi connectivity index (χ1v) is 9.00. The second-order valence-electron chi connectivity index (χ2n) is 5.09. The molecular weight excluding hydrogens is 274 g/mol. The lowest BCUT2D eigenvalue weighted by molar-refractivity contribution is 0.216. The average molecular weight is 299 g/mol. The molecule has 0 saturated carbocycles. The Morgan fingerprint density at radius 2 is 2.05 bits per heavy atom. The third-order valence-electron chi connectivity index (χ3n) is 2.96. The van der Waals surface area contributed by atoms with Gasteiger partial charge in [-0.15, -0.1) is 0 Å². The quantitative estimate of drug-likeness (QED) is 0.712. The molecule has 0 amide bonds. The molecule has 1 rings (SSSR count). The molecule has 1 atom stereocenters. The van der Waals surface area contributed by atoms with E-state index in [1.807, 2.05) is 6.92 Å². The van der Waals surface area contributed by atoms with Crippen LogP contribution in [0, 0.1) is 0 Å². The Kier molecular flexibility index (Phi) is 7.02. The number of hydrogen-bond donors (Lipinski definition) is 1.